The maximum atomic E-state index is 9.23. The summed E-state index contributed by atoms with van der Waals surface area (Å²) in [7, 11) is 0. The Morgan fingerprint density at radius 1 is 0.143 bits per heavy atom. The normalized spacial score (nSPS) is 11.9. The maximum Gasteiger partial charge on any atom is 0.146 e. The van der Waals surface area contributed by atoms with E-state index < -0.39 is 22.0 Å². The third-order valence-corrected chi connectivity index (χ3v) is 15.7. The van der Waals surface area contributed by atoms with Gasteiger partial charge in [-0.05, 0) is 77.9 Å². The number of ether oxygens (including phenoxy) is 1. The van der Waals surface area contributed by atoms with E-state index in [-0.39, 0.29) is 0 Å². The molecule has 0 spiro atoms. The lowest BCUT2D eigenvalue weighted by Gasteiger charge is -2.50. The standard InChI is InChI=1S/C76H58O/c1-11-35-59(36-12-1)73(60-37-13-2-14-38-60,61-39-15-3-16-40-61)69-55-31-33-57-71(69)75(65-47-23-7-24-48-65,66-49-25-8-26-50-66)77-76(67-51-27-9-28-52-67,68-53-29-10-30-54-68)72-58-34-32-56-70(72)74(62-41-17-4-18-42-62,63-43-19-5-20-44-63)64-45-21-6-22-46-64/h1-58H. The van der Waals surface area contributed by atoms with Gasteiger partial charge in [0.2, 0.25) is 0 Å². The average Bonchev–Trinajstić information content (AvgIpc) is 3.56. The van der Waals surface area contributed by atoms with Gasteiger partial charge in [0, 0.05) is 0 Å². The minimum atomic E-state index is -1.35. The van der Waals surface area contributed by atoms with Crippen LogP contribution < -0.4 is 0 Å². The van der Waals surface area contributed by atoms with Crippen LogP contribution in [0, 0.1) is 0 Å². The second kappa shape index (κ2) is 21.4. The van der Waals surface area contributed by atoms with Crippen LogP contribution in [0.2, 0.25) is 0 Å². The zero-order valence-corrected chi connectivity index (χ0v) is 42.9. The van der Waals surface area contributed by atoms with Gasteiger partial charge in [-0.2, -0.15) is 0 Å². The van der Waals surface area contributed by atoms with E-state index in [9.17, 15) is 4.74 Å². The summed E-state index contributed by atoms with van der Waals surface area (Å²) in [6.45, 7) is 0. The summed E-state index contributed by atoms with van der Waals surface area (Å²) >= 11 is 0. The van der Waals surface area contributed by atoms with Gasteiger partial charge in [0.1, 0.15) is 11.2 Å². The molecule has 368 valence electrons. The van der Waals surface area contributed by atoms with Crippen molar-refractivity contribution in [1.29, 1.82) is 0 Å². The zero-order valence-electron chi connectivity index (χ0n) is 42.9. The van der Waals surface area contributed by atoms with E-state index in [1.807, 2.05) is 0 Å². The first kappa shape index (κ1) is 48.5. The van der Waals surface area contributed by atoms with Gasteiger partial charge in [0.15, 0.2) is 0 Å². The second-order valence-corrected chi connectivity index (χ2v) is 19.7. The van der Waals surface area contributed by atoms with Crippen LogP contribution in [0.25, 0.3) is 0 Å². The minimum Gasteiger partial charge on any atom is -0.340 e. The van der Waals surface area contributed by atoms with Gasteiger partial charge in [-0.15, -0.1) is 0 Å². The summed E-state index contributed by atoms with van der Waals surface area (Å²) < 4.78 is 9.23. The van der Waals surface area contributed by atoms with E-state index in [4.69, 9.17) is 0 Å². The van der Waals surface area contributed by atoms with Crippen LogP contribution in [-0.2, 0) is 26.8 Å². The molecule has 12 aromatic rings. The van der Waals surface area contributed by atoms with Gasteiger partial charge in [0.05, 0.1) is 10.8 Å². The highest BCUT2D eigenvalue weighted by Gasteiger charge is 2.54. The third-order valence-electron chi connectivity index (χ3n) is 15.7. The lowest BCUT2D eigenvalue weighted by atomic mass is 9.60. The molecule has 0 bridgehead atoms. The number of benzene rings is 12. The number of hydrogen-bond acceptors (Lipinski definition) is 1. The molecule has 0 aliphatic rings. The molecule has 0 saturated carbocycles. The van der Waals surface area contributed by atoms with Crippen LogP contribution in [0.1, 0.15) is 77.9 Å². The Labute approximate surface area is 454 Å². The smallest absolute Gasteiger partial charge is 0.146 e. The fourth-order valence-electron chi connectivity index (χ4n) is 12.5. The molecule has 0 aliphatic carbocycles. The molecular weight excluding hydrogens is 929 g/mol. The monoisotopic (exact) mass is 986 g/mol. The first-order valence-corrected chi connectivity index (χ1v) is 26.7. The lowest BCUT2D eigenvalue weighted by molar-refractivity contribution is -0.0821. The highest BCUT2D eigenvalue weighted by atomic mass is 16.5. The molecule has 0 atom stereocenters. The molecule has 0 saturated heterocycles. The van der Waals surface area contributed by atoms with Crippen molar-refractivity contribution < 1.29 is 4.74 Å². The Morgan fingerprint density at radius 3 is 0.468 bits per heavy atom. The predicted molar refractivity (Wildman–Crippen MR) is 316 cm³/mol. The topological polar surface area (TPSA) is 9.23 Å². The summed E-state index contributed by atoms with van der Waals surface area (Å²) in [6, 6.07) is 128. The predicted octanol–water partition coefficient (Wildman–Crippen LogP) is 17.8. The van der Waals surface area contributed by atoms with E-state index in [0.29, 0.717) is 0 Å². The Morgan fingerprint density at radius 2 is 0.286 bits per heavy atom. The molecule has 0 aliphatic heterocycles. The SMILES string of the molecule is c1ccc(C(OC(c2ccccc2)(c2ccccc2)c2ccccc2C(c2ccccc2)(c2ccccc2)c2ccccc2)(c2ccccc2)c2ccccc2C(c2ccccc2)(c2ccccc2)c2ccccc2)cc1. The van der Waals surface area contributed by atoms with Crippen LogP contribution >= 0.6 is 0 Å². The molecule has 1 nitrogen and oxygen atoms in total. The fraction of sp³-hybridized carbons (Fsp3) is 0.0526. The quantitative estimate of drug-likeness (QED) is 0.0877. The van der Waals surface area contributed by atoms with Gasteiger partial charge in [-0.3, -0.25) is 0 Å². The molecular formula is C76H58O. The molecule has 0 amide bonds. The van der Waals surface area contributed by atoms with Gasteiger partial charge in [-0.1, -0.05) is 352 Å². The average molecular weight is 987 g/mol. The molecule has 12 rings (SSSR count). The van der Waals surface area contributed by atoms with Gasteiger partial charge >= 0.3 is 0 Å². The molecule has 0 N–H and O–H groups in total. The minimum absolute atomic E-state index is 0.846. The van der Waals surface area contributed by atoms with E-state index >= 15 is 0 Å². The Kier molecular flexibility index (Phi) is 13.5. The van der Waals surface area contributed by atoms with Crippen LogP contribution in [0.3, 0.4) is 0 Å². The molecule has 0 radical (unpaired) electrons. The molecule has 77 heavy (non-hydrogen) atoms. The largest absolute Gasteiger partial charge is 0.340 e. The van der Waals surface area contributed by atoms with Gasteiger partial charge in [-0.25, -0.2) is 0 Å². The fourth-order valence-corrected chi connectivity index (χ4v) is 12.5. The third kappa shape index (κ3) is 8.34. The van der Waals surface area contributed by atoms with Crippen LogP contribution in [-0.4, -0.2) is 0 Å². The van der Waals surface area contributed by atoms with Crippen LogP contribution in [0.5, 0.6) is 0 Å². The van der Waals surface area contributed by atoms with E-state index in [1.54, 1.807) is 0 Å². The Bertz CT molecular complexity index is 3250. The highest BCUT2D eigenvalue weighted by molar-refractivity contribution is 5.68. The molecule has 12 aromatic carbocycles. The number of hydrogen-bond donors (Lipinski definition) is 0. The first-order chi connectivity index (χ1) is 38.2. The summed E-state index contributed by atoms with van der Waals surface area (Å²) in [5.74, 6) is 0. The van der Waals surface area contributed by atoms with E-state index in [0.717, 1.165) is 77.9 Å². The Hall–Kier alpha value is -9.40. The zero-order chi connectivity index (χ0) is 51.8. The summed E-state index contributed by atoms with van der Waals surface area (Å²) in [4.78, 5) is 0. The molecule has 0 aromatic heterocycles. The summed E-state index contributed by atoms with van der Waals surface area (Å²) in [6.07, 6.45) is 0. The van der Waals surface area contributed by atoms with Crippen molar-refractivity contribution in [3.8, 4) is 0 Å². The van der Waals surface area contributed by atoms with Gasteiger partial charge in [0.25, 0.3) is 0 Å². The van der Waals surface area contributed by atoms with Gasteiger partial charge < -0.3 is 4.74 Å². The number of rotatable bonds is 16. The van der Waals surface area contributed by atoms with Crippen LogP contribution in [0.15, 0.2) is 352 Å². The van der Waals surface area contributed by atoms with Crippen molar-refractivity contribution in [3.63, 3.8) is 0 Å². The van der Waals surface area contributed by atoms with Crippen molar-refractivity contribution in [1.82, 2.24) is 0 Å². The molecule has 0 fully saturated rings. The van der Waals surface area contributed by atoms with Crippen molar-refractivity contribution in [3.05, 3.63) is 430 Å². The highest BCUT2D eigenvalue weighted by Crippen LogP contribution is 2.58. The van der Waals surface area contributed by atoms with Crippen molar-refractivity contribution >= 4 is 0 Å². The molecule has 0 heterocycles. The summed E-state index contributed by atoms with van der Waals surface area (Å²) in [5, 5.41) is 0. The van der Waals surface area contributed by atoms with Crippen molar-refractivity contribution in [2.75, 3.05) is 0 Å². The van der Waals surface area contributed by atoms with E-state index in [1.165, 1.54) is 0 Å². The first-order valence-electron chi connectivity index (χ1n) is 26.7. The Balaban J connectivity index is 1.29. The maximum absolute atomic E-state index is 9.23. The van der Waals surface area contributed by atoms with Crippen molar-refractivity contribution in [2.45, 2.75) is 22.0 Å². The molecule has 0 unspecified atom stereocenters. The van der Waals surface area contributed by atoms with Crippen molar-refractivity contribution in [2.24, 2.45) is 0 Å². The van der Waals surface area contributed by atoms with E-state index in [2.05, 4.69) is 352 Å². The lowest BCUT2D eigenvalue weighted by Crippen LogP contribution is -2.47. The van der Waals surface area contributed by atoms with Crippen LogP contribution in [0.4, 0.5) is 0 Å². The second-order valence-electron chi connectivity index (χ2n) is 19.7. The summed E-state index contributed by atoms with van der Waals surface area (Å²) in [5.41, 5.74) is 10.6. The molecule has 1 heteroatoms.